The van der Waals surface area contributed by atoms with Gasteiger partial charge in [0, 0.05) is 16.8 Å². The Morgan fingerprint density at radius 1 is 0.759 bits per heavy atom. The minimum Gasteiger partial charge on any atom is -0.457 e. The number of nitrogens with one attached hydrogen (secondary N) is 1. The fraction of sp³-hybridized carbons (Fsp3) is 0.0909. The number of carbonyl (C=O) groups excluding carboxylic acids is 2. The molecule has 148 valence electrons. The predicted octanol–water partition coefficient (Wildman–Crippen LogP) is 5.08. The van der Waals surface area contributed by atoms with E-state index in [0.29, 0.717) is 28.3 Å². The summed E-state index contributed by atoms with van der Waals surface area (Å²) in [4.78, 5) is 23.0. The third-order valence-electron chi connectivity index (χ3n) is 4.04. The maximum atomic E-state index is 12.4. The molecule has 5 nitrogen and oxygen atoms in total. The van der Waals surface area contributed by atoms with Crippen molar-refractivity contribution in [3.8, 4) is 11.5 Å². The van der Waals surface area contributed by atoms with Gasteiger partial charge in [-0.05, 0) is 60.7 Å². The van der Waals surface area contributed by atoms with Crippen molar-refractivity contribution in [3.05, 3.63) is 90.0 Å². The van der Waals surface area contributed by atoms with Gasteiger partial charge in [0.05, 0.1) is 0 Å². The Morgan fingerprint density at radius 3 is 1.86 bits per heavy atom. The van der Waals surface area contributed by atoms with E-state index in [2.05, 4.69) is 5.32 Å². The van der Waals surface area contributed by atoms with Crippen LogP contribution in [0.25, 0.3) is 0 Å². The van der Waals surface area contributed by atoms with Crippen molar-refractivity contribution in [2.75, 3.05) is 5.32 Å². The number of anilines is 1. The number of aliphatic hydroxyl groups is 1. The summed E-state index contributed by atoms with van der Waals surface area (Å²) in [5.74, 6) is 0.338. The van der Waals surface area contributed by atoms with E-state index < -0.39 is 22.6 Å². The van der Waals surface area contributed by atoms with Crippen LogP contribution >= 0.6 is 23.2 Å². The number of alkyl halides is 2. The number of hydrogen-bond acceptors (Lipinski definition) is 5. The molecule has 0 bridgehead atoms. The minimum absolute atomic E-state index is 0.323. The topological polar surface area (TPSA) is 75.6 Å². The monoisotopic (exact) mass is 429 g/mol. The standard InChI is InChI=1S/C22H17Cl2NO4/c23-21(24)19(26)14-6-10-16(11-7-14)25-22(28)20(27)15-8-12-18(13-9-15)29-17-4-2-1-3-5-17/h1-13,21-22,25,28H. The number of ketones is 2. The average Bonchev–Trinajstić information content (AvgIpc) is 2.74. The average molecular weight is 430 g/mol. The lowest BCUT2D eigenvalue weighted by atomic mass is 10.1. The van der Waals surface area contributed by atoms with Gasteiger partial charge < -0.3 is 15.2 Å². The first kappa shape index (κ1) is 20.9. The molecule has 0 saturated carbocycles. The smallest absolute Gasteiger partial charge is 0.211 e. The van der Waals surface area contributed by atoms with E-state index in [4.69, 9.17) is 27.9 Å². The van der Waals surface area contributed by atoms with Crippen LogP contribution in [0.4, 0.5) is 5.69 Å². The number of halogens is 2. The largest absolute Gasteiger partial charge is 0.457 e. The quantitative estimate of drug-likeness (QED) is 0.296. The first-order chi connectivity index (χ1) is 13.9. The molecule has 0 spiro atoms. The molecule has 3 aromatic carbocycles. The van der Waals surface area contributed by atoms with Crippen molar-refractivity contribution in [3.63, 3.8) is 0 Å². The Hall–Kier alpha value is -2.86. The lowest BCUT2D eigenvalue weighted by Crippen LogP contribution is -2.29. The van der Waals surface area contributed by atoms with Gasteiger partial charge >= 0.3 is 0 Å². The summed E-state index contributed by atoms with van der Waals surface area (Å²) in [6.07, 6.45) is -1.45. The normalized spacial score (nSPS) is 11.7. The minimum atomic E-state index is -1.45. The SMILES string of the molecule is O=C(c1ccc(NC(O)C(=O)c2ccc(Oc3ccccc3)cc2)cc1)C(Cl)Cl. The molecule has 3 rings (SSSR count). The molecule has 1 atom stereocenters. The number of carbonyl (C=O) groups is 2. The van der Waals surface area contributed by atoms with E-state index in [1.165, 1.54) is 12.1 Å². The molecule has 0 fully saturated rings. The highest BCUT2D eigenvalue weighted by molar-refractivity contribution is 6.55. The highest BCUT2D eigenvalue weighted by atomic mass is 35.5. The van der Waals surface area contributed by atoms with Gasteiger partial charge in [-0.25, -0.2) is 0 Å². The van der Waals surface area contributed by atoms with E-state index >= 15 is 0 Å². The summed E-state index contributed by atoms with van der Waals surface area (Å²) < 4.78 is 5.68. The number of ether oxygens (including phenoxy) is 1. The lowest BCUT2D eigenvalue weighted by Gasteiger charge is -2.14. The second kappa shape index (κ2) is 9.56. The summed E-state index contributed by atoms with van der Waals surface area (Å²) in [6, 6.07) is 21.9. The molecule has 7 heteroatoms. The zero-order valence-electron chi connectivity index (χ0n) is 15.1. The second-order valence-electron chi connectivity index (χ2n) is 6.09. The number of benzene rings is 3. The second-order valence-corrected chi connectivity index (χ2v) is 7.19. The number of hydrogen-bond donors (Lipinski definition) is 2. The highest BCUT2D eigenvalue weighted by Crippen LogP contribution is 2.22. The van der Waals surface area contributed by atoms with Gasteiger partial charge in [0.2, 0.25) is 5.78 Å². The molecule has 0 saturated heterocycles. The van der Waals surface area contributed by atoms with Crippen LogP contribution in [0.5, 0.6) is 11.5 Å². The van der Waals surface area contributed by atoms with Gasteiger partial charge in [-0.1, -0.05) is 41.4 Å². The van der Waals surface area contributed by atoms with E-state index in [0.717, 1.165) is 0 Å². The van der Waals surface area contributed by atoms with Crippen molar-refractivity contribution in [1.29, 1.82) is 0 Å². The molecule has 0 aliphatic carbocycles. The number of rotatable bonds is 8. The summed E-state index contributed by atoms with van der Waals surface area (Å²) >= 11 is 11.1. The van der Waals surface area contributed by atoms with Crippen molar-refractivity contribution in [2.24, 2.45) is 0 Å². The summed E-state index contributed by atoms with van der Waals surface area (Å²) in [5, 5.41) is 12.9. The van der Waals surface area contributed by atoms with Crippen LogP contribution in [-0.2, 0) is 0 Å². The molecule has 2 N–H and O–H groups in total. The number of Topliss-reactive ketones (excluding diaryl/α,β-unsaturated/α-hetero) is 2. The van der Waals surface area contributed by atoms with Crippen LogP contribution in [0, 0.1) is 0 Å². The number of aliphatic hydroxyl groups excluding tert-OH is 1. The summed E-state index contributed by atoms with van der Waals surface area (Å²) in [6.45, 7) is 0. The summed E-state index contributed by atoms with van der Waals surface area (Å²) in [5.41, 5.74) is 1.12. The predicted molar refractivity (Wildman–Crippen MR) is 113 cm³/mol. The Labute approximate surface area is 177 Å². The van der Waals surface area contributed by atoms with E-state index in [1.807, 2.05) is 30.3 Å². The van der Waals surface area contributed by atoms with Crippen LogP contribution in [0.3, 0.4) is 0 Å². The molecule has 0 amide bonds. The van der Waals surface area contributed by atoms with Crippen LogP contribution in [0.1, 0.15) is 20.7 Å². The van der Waals surface area contributed by atoms with Crippen LogP contribution in [0.2, 0.25) is 0 Å². The Morgan fingerprint density at radius 2 is 1.28 bits per heavy atom. The van der Waals surface area contributed by atoms with Crippen LogP contribution in [0.15, 0.2) is 78.9 Å². The molecular formula is C22H17Cl2NO4. The van der Waals surface area contributed by atoms with Crippen LogP contribution < -0.4 is 10.1 Å². The third-order valence-corrected chi connectivity index (χ3v) is 4.43. The fourth-order valence-corrected chi connectivity index (χ4v) is 2.80. The van der Waals surface area contributed by atoms with Crippen molar-refractivity contribution in [2.45, 2.75) is 11.1 Å². The molecule has 0 aromatic heterocycles. The molecule has 29 heavy (non-hydrogen) atoms. The molecule has 0 aliphatic heterocycles. The van der Waals surface area contributed by atoms with Gasteiger partial charge in [0.25, 0.3) is 0 Å². The van der Waals surface area contributed by atoms with E-state index in [-0.39, 0.29) is 0 Å². The zero-order valence-corrected chi connectivity index (χ0v) is 16.6. The van der Waals surface area contributed by atoms with Gasteiger partial charge in [0.15, 0.2) is 16.8 Å². The molecule has 1 unspecified atom stereocenters. The van der Waals surface area contributed by atoms with Crippen molar-refractivity contribution >= 4 is 40.5 Å². The number of para-hydroxylation sites is 1. The maximum Gasteiger partial charge on any atom is 0.211 e. The Kier molecular flexibility index (Phi) is 6.88. The molecule has 0 radical (unpaired) electrons. The molecular weight excluding hydrogens is 413 g/mol. The Balaban J connectivity index is 1.61. The van der Waals surface area contributed by atoms with E-state index in [1.54, 1.807) is 36.4 Å². The lowest BCUT2D eigenvalue weighted by molar-refractivity contribution is 0.0793. The Bertz CT molecular complexity index is 974. The summed E-state index contributed by atoms with van der Waals surface area (Å²) in [7, 11) is 0. The van der Waals surface area contributed by atoms with Crippen LogP contribution in [-0.4, -0.2) is 27.7 Å². The molecule has 0 heterocycles. The van der Waals surface area contributed by atoms with Crippen molar-refractivity contribution in [1.82, 2.24) is 0 Å². The van der Waals surface area contributed by atoms with E-state index in [9.17, 15) is 14.7 Å². The van der Waals surface area contributed by atoms with Gasteiger partial charge in [-0.2, -0.15) is 0 Å². The molecule has 3 aromatic rings. The first-order valence-electron chi connectivity index (χ1n) is 8.68. The van der Waals surface area contributed by atoms with Gasteiger partial charge in [-0.3, -0.25) is 9.59 Å². The highest BCUT2D eigenvalue weighted by Gasteiger charge is 2.18. The zero-order chi connectivity index (χ0) is 20.8. The van der Waals surface area contributed by atoms with Gasteiger partial charge in [0.1, 0.15) is 11.5 Å². The fourth-order valence-electron chi connectivity index (χ4n) is 2.55. The third kappa shape index (κ3) is 5.57. The van der Waals surface area contributed by atoms with Gasteiger partial charge in [-0.15, -0.1) is 0 Å². The first-order valence-corrected chi connectivity index (χ1v) is 9.55. The van der Waals surface area contributed by atoms with Crippen molar-refractivity contribution < 1.29 is 19.4 Å². The maximum absolute atomic E-state index is 12.4. The molecule has 0 aliphatic rings.